The molecule has 1 fully saturated rings. The summed E-state index contributed by atoms with van der Waals surface area (Å²) in [6, 6.07) is 5.46. The van der Waals surface area contributed by atoms with Crippen LogP contribution in [0.3, 0.4) is 0 Å². The zero-order chi connectivity index (χ0) is 13.7. The van der Waals surface area contributed by atoms with Gasteiger partial charge in [-0.15, -0.1) is 0 Å². The highest BCUT2D eigenvalue weighted by Crippen LogP contribution is 2.07. The normalized spacial score (nSPS) is 18.0. The largest absolute Gasteiger partial charge is 0.305 e. The van der Waals surface area contributed by atoms with E-state index in [4.69, 9.17) is 5.84 Å². The summed E-state index contributed by atoms with van der Waals surface area (Å²) in [5, 5.41) is 0. The number of hydrazine groups is 1. The van der Waals surface area contributed by atoms with E-state index in [-0.39, 0.29) is 5.91 Å². The molecule has 6 nitrogen and oxygen atoms in total. The van der Waals surface area contributed by atoms with E-state index in [0.29, 0.717) is 5.69 Å². The molecule has 1 aromatic rings. The number of nitrogens with zero attached hydrogens (tertiary/aromatic N) is 3. The van der Waals surface area contributed by atoms with Gasteiger partial charge in [0.2, 0.25) is 0 Å². The molecular weight excluding hydrogens is 242 g/mol. The Balaban J connectivity index is 2.00. The quantitative estimate of drug-likeness (QED) is 0.450. The smallest absolute Gasteiger partial charge is 0.283 e. The van der Waals surface area contributed by atoms with Gasteiger partial charge < -0.3 is 4.90 Å². The topological polar surface area (TPSA) is 74.5 Å². The zero-order valence-corrected chi connectivity index (χ0v) is 11.3. The average molecular weight is 263 g/mol. The van der Waals surface area contributed by atoms with Crippen LogP contribution in [0.1, 0.15) is 22.6 Å². The van der Waals surface area contributed by atoms with Crippen molar-refractivity contribution in [3.05, 3.63) is 29.6 Å². The minimum absolute atomic E-state index is 0.350. The van der Waals surface area contributed by atoms with Crippen LogP contribution in [0.4, 0.5) is 0 Å². The van der Waals surface area contributed by atoms with Crippen molar-refractivity contribution in [2.45, 2.75) is 13.0 Å². The Hall–Kier alpha value is -1.50. The first-order chi connectivity index (χ1) is 9.19. The molecule has 0 spiro atoms. The molecule has 19 heavy (non-hydrogen) atoms. The Bertz CT molecular complexity index is 437. The van der Waals surface area contributed by atoms with Crippen molar-refractivity contribution in [2.24, 2.45) is 5.84 Å². The van der Waals surface area contributed by atoms with Crippen LogP contribution in [-0.4, -0.2) is 53.9 Å². The van der Waals surface area contributed by atoms with Gasteiger partial charge in [-0.2, -0.15) is 0 Å². The lowest BCUT2D eigenvalue weighted by Gasteiger charge is -2.19. The third kappa shape index (κ3) is 3.99. The van der Waals surface area contributed by atoms with Gasteiger partial charge in [-0.05, 0) is 38.7 Å². The van der Waals surface area contributed by atoms with Gasteiger partial charge in [-0.25, -0.2) is 10.8 Å². The predicted molar refractivity (Wildman–Crippen MR) is 73.3 cm³/mol. The zero-order valence-electron chi connectivity index (χ0n) is 11.3. The minimum Gasteiger partial charge on any atom is -0.305 e. The highest BCUT2D eigenvalue weighted by molar-refractivity contribution is 5.91. The van der Waals surface area contributed by atoms with Gasteiger partial charge in [-0.3, -0.25) is 15.1 Å². The number of hydrogen-bond donors (Lipinski definition) is 2. The molecule has 1 amide bonds. The number of aromatic nitrogens is 1. The first-order valence-corrected chi connectivity index (χ1v) is 6.57. The van der Waals surface area contributed by atoms with Gasteiger partial charge in [0.1, 0.15) is 5.69 Å². The van der Waals surface area contributed by atoms with Crippen molar-refractivity contribution in [1.29, 1.82) is 0 Å². The molecule has 2 rings (SSSR count). The third-order valence-corrected chi connectivity index (χ3v) is 3.37. The second-order valence-corrected chi connectivity index (χ2v) is 4.92. The summed E-state index contributed by atoms with van der Waals surface area (Å²) in [5.74, 6) is 4.77. The standard InChI is InChI=1S/C13H21N5O/c1-17-6-3-7-18(9-8-17)10-11-4-2-5-12(15-11)13(19)16-14/h2,4-5H,3,6-10,14H2,1H3,(H,16,19). The molecule has 6 heteroatoms. The van der Waals surface area contributed by atoms with E-state index in [1.54, 1.807) is 6.07 Å². The van der Waals surface area contributed by atoms with E-state index >= 15 is 0 Å². The van der Waals surface area contributed by atoms with Gasteiger partial charge >= 0.3 is 0 Å². The third-order valence-electron chi connectivity index (χ3n) is 3.37. The molecule has 1 aliphatic rings. The summed E-state index contributed by atoms with van der Waals surface area (Å²) in [7, 11) is 2.15. The number of nitrogens with two attached hydrogens (primary N) is 1. The van der Waals surface area contributed by atoms with Crippen LogP contribution in [0.2, 0.25) is 0 Å². The molecule has 0 aromatic carbocycles. The summed E-state index contributed by atoms with van der Waals surface area (Å²) < 4.78 is 0. The number of carbonyl (C=O) groups excluding carboxylic acids is 1. The average Bonchev–Trinajstić information content (AvgIpc) is 2.63. The predicted octanol–water partition coefficient (Wildman–Crippen LogP) is -0.177. The Labute approximate surface area is 113 Å². The number of likely N-dealkylation sites (N-methyl/N-ethyl adjacent to an activating group) is 1. The maximum atomic E-state index is 11.4. The number of nitrogen functional groups attached to an aromatic ring is 1. The van der Waals surface area contributed by atoms with Crippen LogP contribution in [0.25, 0.3) is 0 Å². The number of pyridine rings is 1. The van der Waals surface area contributed by atoms with Crippen LogP contribution in [0.5, 0.6) is 0 Å². The Morgan fingerprint density at radius 2 is 2.21 bits per heavy atom. The van der Waals surface area contributed by atoms with Gasteiger partial charge in [0.25, 0.3) is 5.91 Å². The summed E-state index contributed by atoms with van der Waals surface area (Å²) in [5.41, 5.74) is 3.38. The lowest BCUT2D eigenvalue weighted by atomic mass is 10.2. The number of amides is 1. The van der Waals surface area contributed by atoms with Crippen molar-refractivity contribution in [3.63, 3.8) is 0 Å². The van der Waals surface area contributed by atoms with Crippen molar-refractivity contribution in [2.75, 3.05) is 33.2 Å². The van der Waals surface area contributed by atoms with Crippen LogP contribution in [0, 0.1) is 0 Å². The maximum absolute atomic E-state index is 11.4. The van der Waals surface area contributed by atoms with Crippen molar-refractivity contribution >= 4 is 5.91 Å². The molecule has 0 atom stereocenters. The molecule has 0 radical (unpaired) electrons. The summed E-state index contributed by atoms with van der Waals surface area (Å²) >= 11 is 0. The van der Waals surface area contributed by atoms with Crippen molar-refractivity contribution in [1.82, 2.24) is 20.2 Å². The molecule has 0 bridgehead atoms. The summed E-state index contributed by atoms with van der Waals surface area (Å²) in [6.45, 7) is 5.09. The highest BCUT2D eigenvalue weighted by Gasteiger charge is 2.13. The summed E-state index contributed by atoms with van der Waals surface area (Å²) in [4.78, 5) is 20.5. The Morgan fingerprint density at radius 1 is 1.37 bits per heavy atom. The van der Waals surface area contributed by atoms with Crippen LogP contribution >= 0.6 is 0 Å². The Kier molecular flexibility index (Phi) is 4.84. The number of nitrogens with one attached hydrogen (secondary N) is 1. The molecule has 1 aromatic heterocycles. The van der Waals surface area contributed by atoms with Gasteiger partial charge in [-0.1, -0.05) is 6.07 Å². The molecular formula is C13H21N5O. The van der Waals surface area contributed by atoms with Gasteiger partial charge in [0, 0.05) is 19.6 Å². The van der Waals surface area contributed by atoms with Gasteiger partial charge in [0.15, 0.2) is 0 Å². The lowest BCUT2D eigenvalue weighted by molar-refractivity contribution is 0.0948. The molecule has 0 aliphatic carbocycles. The van der Waals surface area contributed by atoms with Gasteiger partial charge in [0.05, 0.1) is 5.69 Å². The second-order valence-electron chi connectivity index (χ2n) is 4.92. The van der Waals surface area contributed by atoms with Crippen LogP contribution < -0.4 is 11.3 Å². The maximum Gasteiger partial charge on any atom is 0.283 e. The number of rotatable bonds is 3. The van der Waals surface area contributed by atoms with Crippen LogP contribution in [-0.2, 0) is 6.54 Å². The lowest BCUT2D eigenvalue weighted by Crippen LogP contribution is -2.31. The SMILES string of the molecule is CN1CCCN(Cc2cccc(C(=O)NN)n2)CC1. The minimum atomic E-state index is -0.350. The summed E-state index contributed by atoms with van der Waals surface area (Å²) in [6.07, 6.45) is 1.17. The number of carbonyl (C=O) groups is 1. The monoisotopic (exact) mass is 263 g/mol. The molecule has 0 unspecified atom stereocenters. The molecule has 1 saturated heterocycles. The van der Waals surface area contributed by atoms with E-state index in [1.807, 2.05) is 12.1 Å². The molecule has 0 saturated carbocycles. The van der Waals surface area contributed by atoms with E-state index in [2.05, 4.69) is 27.3 Å². The fraction of sp³-hybridized carbons (Fsp3) is 0.538. The molecule has 2 heterocycles. The van der Waals surface area contributed by atoms with E-state index < -0.39 is 0 Å². The van der Waals surface area contributed by atoms with Crippen LogP contribution in [0.15, 0.2) is 18.2 Å². The molecule has 1 aliphatic heterocycles. The van der Waals surface area contributed by atoms with Crippen molar-refractivity contribution in [3.8, 4) is 0 Å². The fourth-order valence-electron chi connectivity index (χ4n) is 2.26. The molecule has 104 valence electrons. The fourth-order valence-corrected chi connectivity index (χ4v) is 2.26. The first-order valence-electron chi connectivity index (χ1n) is 6.57. The Morgan fingerprint density at radius 3 is 3.00 bits per heavy atom. The van der Waals surface area contributed by atoms with E-state index in [0.717, 1.165) is 38.4 Å². The van der Waals surface area contributed by atoms with Crippen molar-refractivity contribution < 1.29 is 4.79 Å². The molecule has 3 N–H and O–H groups in total. The first kappa shape index (κ1) is 13.9. The number of hydrogen-bond acceptors (Lipinski definition) is 5. The van der Waals surface area contributed by atoms with E-state index in [9.17, 15) is 4.79 Å². The second kappa shape index (κ2) is 6.60. The van der Waals surface area contributed by atoms with E-state index in [1.165, 1.54) is 6.42 Å². The highest BCUT2D eigenvalue weighted by atomic mass is 16.2.